The van der Waals surface area contributed by atoms with Gasteiger partial charge in [0.2, 0.25) is 0 Å². The molecule has 18 aliphatic rings. The number of esters is 2. The van der Waals surface area contributed by atoms with Crippen LogP contribution in [0.25, 0.3) is 0 Å². The SMILES string of the molecule is NCCCc1cccc2c1C(=O)OC21C2CC(C3CCCCC3)C=CC3C4=C5CCC16C(=C(O)CC(C1CC7(CCCC7)C7(CCCC7)C1)N1CC7CC(C1)C1CC8C=CC7N1C1=C8CC7CC=CC3C7C51)OC(=O)C426. The van der Waals surface area contributed by atoms with E-state index in [0.29, 0.717) is 107 Å². The summed E-state index contributed by atoms with van der Waals surface area (Å²) in [6.07, 6.45) is 44.7. The monoisotopic (exact) mass is 1020 g/mol. The number of piperidine rings is 2. The van der Waals surface area contributed by atoms with E-state index in [1.807, 2.05) is 0 Å². The lowest BCUT2D eigenvalue weighted by Crippen LogP contribution is -2.78. The zero-order valence-electron chi connectivity index (χ0n) is 45.2. The summed E-state index contributed by atoms with van der Waals surface area (Å²) in [5.41, 5.74) is 12.7. The standard InChI is InChI=1S/C68H83N3O5/c69-28-10-15-39-13-9-17-50-57(39)62(73)76-68(50)55-32-40(38-11-2-1-3-12-38)18-20-47-46-16-8-14-42-30-49-41-19-21-51-43-29-44-37-70(36-43)52(45-34-64(23-4-5-24-64)65(35-45)25-6-7-26-65)33-54(72)61-66(68)27-22-48(59(47)67(55,66)63(74)75-61)58(56(42)46)60(49)71(51)53(44)31-41/h8-9,13,16-21,38,40-47,51-53,55-56,58,72H,1-7,10-12,14-15,22-37,69H2. The number of carbonyl (C=O) groups excluding carboxylic acids is 2. The molecule has 8 nitrogen and oxygen atoms in total. The van der Waals surface area contributed by atoms with Gasteiger partial charge in [-0.3, -0.25) is 9.69 Å². The van der Waals surface area contributed by atoms with Crippen LogP contribution >= 0.6 is 0 Å². The Hall–Kier alpha value is -3.88. The highest BCUT2D eigenvalue weighted by molar-refractivity contribution is 6.00. The number of aryl methyl sites for hydroxylation is 1. The summed E-state index contributed by atoms with van der Waals surface area (Å²) >= 11 is 0. The molecule has 0 radical (unpaired) electrons. The number of aliphatic hydroxyl groups is 1. The van der Waals surface area contributed by atoms with Gasteiger partial charge in [0.25, 0.3) is 0 Å². The number of hydrogen-bond donors (Lipinski definition) is 2. The van der Waals surface area contributed by atoms with Crippen LogP contribution in [0.4, 0.5) is 0 Å². The third kappa shape index (κ3) is 5.27. The van der Waals surface area contributed by atoms with Crippen molar-refractivity contribution in [1.82, 2.24) is 9.80 Å². The molecule has 1 aromatic rings. The fourth-order valence-corrected chi connectivity index (χ4v) is 25.2. The molecule has 1 aromatic carbocycles. The highest BCUT2D eigenvalue weighted by atomic mass is 16.6. The zero-order chi connectivity index (χ0) is 50.2. The Morgan fingerprint density at radius 1 is 0.763 bits per heavy atom. The second kappa shape index (κ2) is 15.7. The van der Waals surface area contributed by atoms with Gasteiger partial charge in [0, 0.05) is 66.5 Å². The summed E-state index contributed by atoms with van der Waals surface area (Å²) in [7, 11) is 0. The largest absolute Gasteiger partial charge is 0.509 e. The Morgan fingerprint density at radius 3 is 2.37 bits per heavy atom. The maximum absolute atomic E-state index is 16.9. The Balaban J connectivity index is 0.921. The average Bonchev–Trinajstić information content (AvgIpc) is 4.37. The van der Waals surface area contributed by atoms with Crippen LogP contribution in [-0.2, 0) is 26.3 Å². The third-order valence-corrected chi connectivity index (χ3v) is 27.4. The van der Waals surface area contributed by atoms with Gasteiger partial charge in [-0.25, -0.2) is 4.79 Å². The Kier molecular flexibility index (Phi) is 9.50. The van der Waals surface area contributed by atoms with Crippen LogP contribution in [0.5, 0.6) is 0 Å². The lowest BCUT2D eigenvalue weighted by atomic mass is 9.27. The normalized spacial score (nSPS) is 46.9. The molecule has 5 saturated carbocycles. The molecule has 0 amide bonds. The Labute approximate surface area is 451 Å². The molecule has 8 heterocycles. The van der Waals surface area contributed by atoms with Crippen molar-refractivity contribution >= 4 is 11.9 Å². The smallest absolute Gasteiger partial charge is 0.339 e. The van der Waals surface area contributed by atoms with Gasteiger partial charge in [0.1, 0.15) is 11.2 Å². The van der Waals surface area contributed by atoms with Crippen molar-refractivity contribution in [3.8, 4) is 0 Å². The van der Waals surface area contributed by atoms with Gasteiger partial charge in [-0.15, -0.1) is 0 Å². The van der Waals surface area contributed by atoms with E-state index < -0.39 is 16.4 Å². The molecule has 5 spiro atoms. The molecule has 17 unspecified atom stereocenters. The number of benzene rings is 1. The van der Waals surface area contributed by atoms with E-state index in [1.165, 1.54) is 121 Å². The Morgan fingerprint density at radius 2 is 1.57 bits per heavy atom. The van der Waals surface area contributed by atoms with E-state index in [4.69, 9.17) is 15.2 Å². The maximum atomic E-state index is 16.9. The minimum Gasteiger partial charge on any atom is -0.509 e. The van der Waals surface area contributed by atoms with Gasteiger partial charge >= 0.3 is 11.9 Å². The quantitative estimate of drug-likeness (QED) is 0.222. The molecule has 19 rings (SSSR count). The molecule has 76 heavy (non-hydrogen) atoms. The van der Waals surface area contributed by atoms with Crippen LogP contribution in [0.15, 0.2) is 88.6 Å². The molecule has 10 bridgehead atoms. The van der Waals surface area contributed by atoms with Gasteiger partial charge in [0.15, 0.2) is 11.4 Å². The fourth-order valence-electron chi connectivity index (χ4n) is 25.2. The molecule has 400 valence electrons. The van der Waals surface area contributed by atoms with Crippen LogP contribution < -0.4 is 5.73 Å². The van der Waals surface area contributed by atoms with Crippen molar-refractivity contribution in [3.63, 3.8) is 0 Å². The minimum absolute atomic E-state index is 0.0410. The van der Waals surface area contributed by atoms with Crippen molar-refractivity contribution in [3.05, 3.63) is 105 Å². The highest BCUT2D eigenvalue weighted by Gasteiger charge is 2.94. The molecule has 3 saturated heterocycles. The highest BCUT2D eigenvalue weighted by Crippen LogP contribution is 2.89. The molecule has 8 aliphatic heterocycles. The number of ether oxygens (including phenoxy) is 2. The summed E-state index contributed by atoms with van der Waals surface area (Å²) in [6.45, 7) is 2.70. The number of nitrogens with zero attached hydrogens (tertiary/aromatic N) is 2. The molecular formula is C68H83N3O5. The number of rotatable bonds is 5. The van der Waals surface area contributed by atoms with Crippen molar-refractivity contribution in [2.45, 2.75) is 184 Å². The van der Waals surface area contributed by atoms with Crippen LogP contribution in [0.2, 0.25) is 0 Å². The van der Waals surface area contributed by atoms with E-state index in [2.05, 4.69) is 64.5 Å². The molecular weight excluding hydrogens is 939 g/mol. The lowest BCUT2D eigenvalue weighted by Gasteiger charge is -2.73. The molecule has 0 aromatic heterocycles. The lowest BCUT2D eigenvalue weighted by molar-refractivity contribution is -0.283. The molecule has 17 atom stereocenters. The molecule has 10 aliphatic carbocycles. The number of carbonyl (C=O) groups is 2. The number of allylic oxidation sites excluding steroid dienone is 7. The topological polar surface area (TPSA) is 105 Å². The predicted molar refractivity (Wildman–Crippen MR) is 291 cm³/mol. The molecule has 8 fully saturated rings. The first-order valence-electron chi connectivity index (χ1n) is 32.0. The maximum Gasteiger partial charge on any atom is 0.339 e. The average molecular weight is 1020 g/mol. The predicted octanol–water partition coefficient (Wildman–Crippen LogP) is 12.7. The number of aliphatic hydroxyl groups excluding tert-OH is 1. The van der Waals surface area contributed by atoms with Crippen molar-refractivity contribution in [1.29, 1.82) is 0 Å². The second-order valence-electron chi connectivity index (χ2n) is 29.4. The molecule has 8 heteroatoms. The van der Waals surface area contributed by atoms with Crippen LogP contribution in [0.3, 0.4) is 0 Å². The van der Waals surface area contributed by atoms with Crippen molar-refractivity contribution < 1.29 is 24.2 Å². The molecule has 3 N–H and O–H groups in total. The van der Waals surface area contributed by atoms with E-state index in [9.17, 15) is 5.11 Å². The van der Waals surface area contributed by atoms with E-state index in [0.717, 1.165) is 49.9 Å². The van der Waals surface area contributed by atoms with Crippen LogP contribution in [0, 0.1) is 92.7 Å². The number of hydrogen-bond acceptors (Lipinski definition) is 8. The third-order valence-electron chi connectivity index (χ3n) is 27.4. The summed E-state index contributed by atoms with van der Waals surface area (Å²) in [4.78, 5) is 38.4. The van der Waals surface area contributed by atoms with Crippen molar-refractivity contribution in [2.75, 3.05) is 19.6 Å². The number of nitrogens with two attached hydrogens (primary N) is 1. The van der Waals surface area contributed by atoms with E-state index in [-0.39, 0.29) is 47.6 Å². The first kappa shape index (κ1) is 45.9. The first-order chi connectivity index (χ1) is 37.2. The summed E-state index contributed by atoms with van der Waals surface area (Å²) in [5, 5.41) is 14.1. The zero-order valence-corrected chi connectivity index (χ0v) is 45.2. The van der Waals surface area contributed by atoms with Crippen LogP contribution in [0.1, 0.15) is 176 Å². The van der Waals surface area contributed by atoms with Gasteiger partial charge < -0.3 is 25.2 Å². The van der Waals surface area contributed by atoms with Crippen LogP contribution in [-0.4, -0.2) is 64.6 Å². The first-order valence-corrected chi connectivity index (χ1v) is 32.0. The number of fused-ring (bicyclic) bond motifs is 8. The second-order valence-corrected chi connectivity index (χ2v) is 29.4. The van der Waals surface area contributed by atoms with Gasteiger partial charge in [-0.05, 0) is 191 Å². The van der Waals surface area contributed by atoms with Crippen molar-refractivity contribution in [2.24, 2.45) is 98.4 Å². The summed E-state index contributed by atoms with van der Waals surface area (Å²) in [5.74, 6) is 4.49. The fraction of sp³-hybridized carbons (Fsp3) is 0.706. The van der Waals surface area contributed by atoms with Gasteiger partial charge in [-0.2, -0.15) is 0 Å². The summed E-state index contributed by atoms with van der Waals surface area (Å²) in [6, 6.07) is 7.53. The van der Waals surface area contributed by atoms with E-state index >= 15 is 9.59 Å². The summed E-state index contributed by atoms with van der Waals surface area (Å²) < 4.78 is 14.9. The Bertz CT molecular complexity index is 2920. The van der Waals surface area contributed by atoms with E-state index in [1.54, 1.807) is 16.8 Å². The van der Waals surface area contributed by atoms with Gasteiger partial charge in [0.05, 0.1) is 17.0 Å². The minimum atomic E-state index is -1.16. The van der Waals surface area contributed by atoms with Gasteiger partial charge in [-0.1, -0.05) is 105 Å².